The lowest BCUT2D eigenvalue weighted by molar-refractivity contribution is 0.0115. The molecule has 3 rings (SSSR count). The van der Waals surface area contributed by atoms with Crippen LogP contribution in [0.2, 0.25) is 0 Å². The monoisotopic (exact) mass is 341 g/mol. The Bertz CT molecular complexity index is 461. The van der Waals surface area contributed by atoms with Crippen molar-refractivity contribution in [1.82, 2.24) is 5.32 Å². The van der Waals surface area contributed by atoms with Gasteiger partial charge in [-0.1, -0.05) is 15.9 Å². The predicted octanol–water partition coefficient (Wildman–Crippen LogP) is 3.23. The highest BCUT2D eigenvalue weighted by molar-refractivity contribution is 9.10. The number of halogens is 1. The van der Waals surface area contributed by atoms with E-state index in [-0.39, 0.29) is 0 Å². The van der Waals surface area contributed by atoms with Crippen LogP contribution in [0.15, 0.2) is 16.6 Å². The first kappa shape index (κ1) is 14.2. The summed E-state index contributed by atoms with van der Waals surface area (Å²) in [7, 11) is 0. The first-order valence-electron chi connectivity index (χ1n) is 7.23. The van der Waals surface area contributed by atoms with Crippen LogP contribution in [0.3, 0.4) is 0 Å². The van der Waals surface area contributed by atoms with Gasteiger partial charge in [-0.05, 0) is 49.9 Å². The van der Waals surface area contributed by atoms with Crippen LogP contribution in [0.5, 0.6) is 11.5 Å². The van der Waals surface area contributed by atoms with Crippen molar-refractivity contribution in [2.75, 3.05) is 19.9 Å². The molecule has 1 fully saturated rings. The highest BCUT2D eigenvalue weighted by atomic mass is 79.9. The van der Waals surface area contributed by atoms with Crippen LogP contribution in [0.25, 0.3) is 0 Å². The Morgan fingerprint density at radius 2 is 2.05 bits per heavy atom. The van der Waals surface area contributed by atoms with Crippen molar-refractivity contribution in [3.8, 4) is 11.5 Å². The summed E-state index contributed by atoms with van der Waals surface area (Å²) < 4.78 is 17.5. The zero-order valence-corrected chi connectivity index (χ0v) is 13.1. The highest BCUT2D eigenvalue weighted by Gasteiger charge is 2.16. The summed E-state index contributed by atoms with van der Waals surface area (Å²) in [6.07, 6.45) is 5.25. The van der Waals surface area contributed by atoms with Gasteiger partial charge in [0.25, 0.3) is 0 Å². The lowest BCUT2D eigenvalue weighted by Crippen LogP contribution is -2.25. The normalized spacial score (nSPS) is 21.1. The van der Waals surface area contributed by atoms with E-state index in [2.05, 4.69) is 21.2 Å². The molecule has 2 heterocycles. The van der Waals surface area contributed by atoms with E-state index in [9.17, 15) is 0 Å². The fourth-order valence-electron chi connectivity index (χ4n) is 2.62. The molecule has 20 heavy (non-hydrogen) atoms. The summed E-state index contributed by atoms with van der Waals surface area (Å²) in [5, 5.41) is 3.47. The fraction of sp³-hybridized carbons (Fsp3) is 0.600. The second-order valence-corrected chi connectivity index (χ2v) is 6.11. The SMILES string of the molecule is Brc1cc2c(cc1CNCCC1CCCCO1)OCO2. The first-order valence-corrected chi connectivity index (χ1v) is 8.02. The summed E-state index contributed by atoms with van der Waals surface area (Å²) >= 11 is 3.58. The van der Waals surface area contributed by atoms with Crippen molar-refractivity contribution in [1.29, 1.82) is 0 Å². The molecule has 5 heteroatoms. The van der Waals surface area contributed by atoms with Crippen LogP contribution < -0.4 is 14.8 Å². The number of hydrogen-bond donors (Lipinski definition) is 1. The van der Waals surface area contributed by atoms with Crippen LogP contribution in [0, 0.1) is 0 Å². The van der Waals surface area contributed by atoms with Gasteiger partial charge < -0.3 is 19.5 Å². The minimum atomic E-state index is 0.317. The van der Waals surface area contributed by atoms with Gasteiger partial charge in [-0.2, -0.15) is 0 Å². The van der Waals surface area contributed by atoms with Gasteiger partial charge in [-0.25, -0.2) is 0 Å². The molecule has 0 saturated carbocycles. The average molecular weight is 342 g/mol. The molecule has 110 valence electrons. The maximum atomic E-state index is 5.73. The second kappa shape index (κ2) is 6.78. The number of hydrogen-bond acceptors (Lipinski definition) is 4. The summed E-state index contributed by atoms with van der Waals surface area (Å²) in [6, 6.07) is 4.01. The third-order valence-electron chi connectivity index (χ3n) is 3.77. The molecule has 2 aliphatic heterocycles. The van der Waals surface area contributed by atoms with E-state index in [4.69, 9.17) is 14.2 Å². The molecule has 1 saturated heterocycles. The van der Waals surface area contributed by atoms with Crippen molar-refractivity contribution < 1.29 is 14.2 Å². The lowest BCUT2D eigenvalue weighted by Gasteiger charge is -2.22. The zero-order valence-electron chi connectivity index (χ0n) is 11.5. The number of rotatable bonds is 5. The van der Waals surface area contributed by atoms with Crippen LogP contribution >= 0.6 is 15.9 Å². The molecule has 0 bridgehead atoms. The molecule has 0 aliphatic carbocycles. The van der Waals surface area contributed by atoms with E-state index >= 15 is 0 Å². The van der Waals surface area contributed by atoms with Crippen molar-refractivity contribution in [2.45, 2.75) is 38.3 Å². The Labute approximate surface area is 127 Å². The van der Waals surface area contributed by atoms with E-state index in [1.165, 1.54) is 24.8 Å². The Morgan fingerprint density at radius 3 is 2.85 bits per heavy atom. The summed E-state index contributed by atoms with van der Waals surface area (Å²) in [4.78, 5) is 0. The average Bonchev–Trinajstić information content (AvgIpc) is 2.91. The van der Waals surface area contributed by atoms with Gasteiger partial charge in [0.05, 0.1) is 6.10 Å². The Balaban J connectivity index is 1.46. The lowest BCUT2D eigenvalue weighted by atomic mass is 10.1. The molecule has 1 aromatic rings. The van der Waals surface area contributed by atoms with Gasteiger partial charge in [0.2, 0.25) is 6.79 Å². The van der Waals surface area contributed by atoms with Crippen molar-refractivity contribution >= 4 is 15.9 Å². The predicted molar refractivity (Wildman–Crippen MR) is 80.2 cm³/mol. The Hall–Kier alpha value is -0.780. The number of nitrogens with one attached hydrogen (secondary N) is 1. The van der Waals surface area contributed by atoms with Crippen LogP contribution in [-0.2, 0) is 11.3 Å². The Morgan fingerprint density at radius 1 is 1.20 bits per heavy atom. The van der Waals surface area contributed by atoms with E-state index in [0.29, 0.717) is 12.9 Å². The maximum absolute atomic E-state index is 5.73. The van der Waals surface area contributed by atoms with Gasteiger partial charge in [0.1, 0.15) is 0 Å². The molecule has 1 aromatic carbocycles. The molecule has 0 aromatic heterocycles. The molecular weight excluding hydrogens is 322 g/mol. The number of benzene rings is 1. The van der Waals surface area contributed by atoms with E-state index in [1.807, 2.05) is 12.1 Å². The van der Waals surface area contributed by atoms with Gasteiger partial charge in [0.15, 0.2) is 11.5 Å². The molecule has 1 unspecified atom stereocenters. The van der Waals surface area contributed by atoms with Crippen molar-refractivity contribution in [3.05, 3.63) is 22.2 Å². The number of fused-ring (bicyclic) bond motifs is 1. The van der Waals surface area contributed by atoms with E-state index < -0.39 is 0 Å². The summed E-state index contributed by atoms with van der Waals surface area (Å²) in [5.41, 5.74) is 1.19. The smallest absolute Gasteiger partial charge is 0.231 e. The van der Waals surface area contributed by atoms with Crippen LogP contribution in [-0.4, -0.2) is 26.0 Å². The third-order valence-corrected chi connectivity index (χ3v) is 4.51. The van der Waals surface area contributed by atoms with Crippen molar-refractivity contribution in [2.24, 2.45) is 0 Å². The molecule has 1 N–H and O–H groups in total. The Kier molecular flexibility index (Phi) is 4.81. The minimum Gasteiger partial charge on any atom is -0.454 e. The van der Waals surface area contributed by atoms with E-state index in [0.717, 1.165) is 42.1 Å². The van der Waals surface area contributed by atoms with Crippen LogP contribution in [0.4, 0.5) is 0 Å². The van der Waals surface area contributed by atoms with E-state index in [1.54, 1.807) is 0 Å². The number of ether oxygens (including phenoxy) is 3. The second-order valence-electron chi connectivity index (χ2n) is 5.25. The quantitative estimate of drug-likeness (QED) is 0.834. The minimum absolute atomic E-state index is 0.317. The van der Waals surface area contributed by atoms with Crippen molar-refractivity contribution in [3.63, 3.8) is 0 Å². The van der Waals surface area contributed by atoms with Gasteiger partial charge in [-0.3, -0.25) is 0 Å². The third kappa shape index (κ3) is 3.45. The van der Waals surface area contributed by atoms with Gasteiger partial charge in [-0.15, -0.1) is 0 Å². The molecule has 0 amide bonds. The fourth-order valence-corrected chi connectivity index (χ4v) is 3.08. The molecule has 0 radical (unpaired) electrons. The van der Waals surface area contributed by atoms with Gasteiger partial charge >= 0.3 is 0 Å². The van der Waals surface area contributed by atoms with Gasteiger partial charge in [0, 0.05) is 17.6 Å². The topological polar surface area (TPSA) is 39.7 Å². The molecule has 1 atom stereocenters. The summed E-state index contributed by atoms with van der Waals surface area (Å²) in [6.45, 7) is 3.05. The largest absolute Gasteiger partial charge is 0.454 e. The zero-order chi connectivity index (χ0) is 13.8. The maximum Gasteiger partial charge on any atom is 0.231 e. The first-order chi connectivity index (χ1) is 9.83. The molecular formula is C15H20BrNO3. The molecule has 4 nitrogen and oxygen atoms in total. The standard InChI is InChI=1S/C15H20BrNO3/c16-13-8-15-14(19-10-20-15)7-11(13)9-17-5-4-12-3-1-2-6-18-12/h7-8,12,17H,1-6,9-10H2. The molecule has 2 aliphatic rings. The highest BCUT2D eigenvalue weighted by Crippen LogP contribution is 2.36. The van der Waals surface area contributed by atoms with Crippen LogP contribution in [0.1, 0.15) is 31.2 Å². The summed E-state index contributed by atoms with van der Waals surface area (Å²) in [5.74, 6) is 1.65. The molecule has 0 spiro atoms.